The van der Waals surface area contributed by atoms with Crippen molar-refractivity contribution in [2.75, 3.05) is 6.61 Å². The molecule has 0 unspecified atom stereocenters. The molecule has 1 N–H and O–H groups in total. The third-order valence-corrected chi connectivity index (χ3v) is 4.32. The molecule has 140 valence electrons. The number of benzene rings is 1. The number of nitrogens with one attached hydrogen (secondary N) is 1. The SMILES string of the molecule is CC[C@H](C)[C@@H](C(=O)OCC(=O)NC(C)C)N1C(=O)c2ccccc2C1=O. The van der Waals surface area contributed by atoms with Crippen LogP contribution in [0.4, 0.5) is 0 Å². The number of imide groups is 1. The molecule has 3 amide bonds. The lowest BCUT2D eigenvalue weighted by molar-refractivity contribution is -0.154. The molecule has 1 aliphatic heterocycles. The van der Waals surface area contributed by atoms with Gasteiger partial charge in [0.05, 0.1) is 11.1 Å². The highest BCUT2D eigenvalue weighted by molar-refractivity contribution is 6.22. The summed E-state index contributed by atoms with van der Waals surface area (Å²) in [5.41, 5.74) is 0.548. The van der Waals surface area contributed by atoms with Crippen LogP contribution in [0.15, 0.2) is 24.3 Å². The Morgan fingerprint density at radius 3 is 2.08 bits per heavy atom. The van der Waals surface area contributed by atoms with Crippen LogP contribution in [0.1, 0.15) is 54.8 Å². The highest BCUT2D eigenvalue weighted by Crippen LogP contribution is 2.28. The predicted molar refractivity (Wildman–Crippen MR) is 94.4 cm³/mol. The van der Waals surface area contributed by atoms with E-state index < -0.39 is 36.3 Å². The highest BCUT2D eigenvalue weighted by Gasteiger charge is 2.45. The van der Waals surface area contributed by atoms with E-state index in [9.17, 15) is 19.2 Å². The lowest BCUT2D eigenvalue weighted by atomic mass is 9.97. The average molecular weight is 360 g/mol. The minimum absolute atomic E-state index is 0.0807. The first-order valence-electron chi connectivity index (χ1n) is 8.70. The van der Waals surface area contributed by atoms with Gasteiger partial charge in [0.1, 0.15) is 6.04 Å². The summed E-state index contributed by atoms with van der Waals surface area (Å²) >= 11 is 0. The molecule has 2 rings (SSSR count). The Kier molecular flexibility index (Phi) is 6.13. The van der Waals surface area contributed by atoms with Crippen molar-refractivity contribution in [1.82, 2.24) is 10.2 Å². The number of amides is 3. The molecular formula is C19H24N2O5. The molecule has 0 aromatic heterocycles. The zero-order valence-corrected chi connectivity index (χ0v) is 15.4. The van der Waals surface area contributed by atoms with E-state index in [1.54, 1.807) is 45.0 Å². The number of esters is 1. The van der Waals surface area contributed by atoms with Crippen LogP contribution >= 0.6 is 0 Å². The molecule has 26 heavy (non-hydrogen) atoms. The molecule has 0 bridgehead atoms. The van der Waals surface area contributed by atoms with Gasteiger partial charge in [0, 0.05) is 6.04 Å². The molecular weight excluding hydrogens is 336 g/mol. The topological polar surface area (TPSA) is 92.8 Å². The molecule has 0 aliphatic carbocycles. The Bertz CT molecular complexity index is 693. The van der Waals surface area contributed by atoms with Gasteiger partial charge in [-0.05, 0) is 31.9 Å². The third kappa shape index (κ3) is 3.92. The van der Waals surface area contributed by atoms with Crippen molar-refractivity contribution in [3.8, 4) is 0 Å². The first kappa shape index (κ1) is 19.6. The van der Waals surface area contributed by atoms with E-state index in [1.165, 1.54) is 0 Å². The third-order valence-electron chi connectivity index (χ3n) is 4.32. The summed E-state index contributed by atoms with van der Waals surface area (Å²) in [6, 6.07) is 5.30. The zero-order chi connectivity index (χ0) is 19.4. The molecule has 0 saturated carbocycles. The van der Waals surface area contributed by atoms with Crippen molar-refractivity contribution in [2.45, 2.75) is 46.2 Å². The van der Waals surface area contributed by atoms with Crippen LogP contribution < -0.4 is 5.32 Å². The summed E-state index contributed by atoms with van der Waals surface area (Å²) in [7, 11) is 0. The zero-order valence-electron chi connectivity index (χ0n) is 15.4. The minimum atomic E-state index is -1.07. The number of hydrogen-bond donors (Lipinski definition) is 1. The van der Waals surface area contributed by atoms with Crippen LogP contribution in [0, 0.1) is 5.92 Å². The monoisotopic (exact) mass is 360 g/mol. The van der Waals surface area contributed by atoms with Gasteiger partial charge in [-0.3, -0.25) is 19.3 Å². The largest absolute Gasteiger partial charge is 0.454 e. The summed E-state index contributed by atoms with van der Waals surface area (Å²) in [5, 5.41) is 2.62. The number of rotatable bonds is 7. The van der Waals surface area contributed by atoms with Gasteiger partial charge in [0.2, 0.25) is 0 Å². The molecule has 2 atom stereocenters. The molecule has 7 nitrogen and oxygen atoms in total. The van der Waals surface area contributed by atoms with Crippen molar-refractivity contribution in [3.05, 3.63) is 35.4 Å². The molecule has 1 aliphatic rings. The average Bonchev–Trinajstić information content (AvgIpc) is 2.85. The molecule has 0 fully saturated rings. The predicted octanol–water partition coefficient (Wildman–Crippen LogP) is 1.77. The number of fused-ring (bicyclic) bond motifs is 1. The number of ether oxygens (including phenoxy) is 1. The van der Waals surface area contributed by atoms with Crippen molar-refractivity contribution in [2.24, 2.45) is 5.92 Å². The fraction of sp³-hybridized carbons (Fsp3) is 0.474. The molecule has 1 aromatic carbocycles. The second-order valence-corrected chi connectivity index (χ2v) is 6.69. The van der Waals surface area contributed by atoms with Crippen molar-refractivity contribution < 1.29 is 23.9 Å². The molecule has 7 heteroatoms. The van der Waals surface area contributed by atoms with E-state index in [-0.39, 0.29) is 23.1 Å². The second-order valence-electron chi connectivity index (χ2n) is 6.69. The lowest BCUT2D eigenvalue weighted by Gasteiger charge is -2.28. The summed E-state index contributed by atoms with van der Waals surface area (Å²) < 4.78 is 5.10. The van der Waals surface area contributed by atoms with Crippen molar-refractivity contribution in [1.29, 1.82) is 0 Å². The van der Waals surface area contributed by atoms with Gasteiger partial charge >= 0.3 is 5.97 Å². The maximum atomic E-state index is 12.7. The first-order valence-corrected chi connectivity index (χ1v) is 8.70. The Morgan fingerprint density at radius 1 is 1.08 bits per heavy atom. The quantitative estimate of drug-likeness (QED) is 0.591. The van der Waals surface area contributed by atoms with Crippen LogP contribution in [0.5, 0.6) is 0 Å². The van der Waals surface area contributed by atoms with Gasteiger partial charge in [-0.2, -0.15) is 0 Å². The molecule has 1 heterocycles. The Morgan fingerprint density at radius 2 is 1.62 bits per heavy atom. The Hall–Kier alpha value is -2.70. The fourth-order valence-corrected chi connectivity index (χ4v) is 2.86. The summed E-state index contributed by atoms with van der Waals surface area (Å²) in [5.74, 6) is -2.52. The van der Waals surface area contributed by atoms with Crippen LogP contribution in [-0.2, 0) is 14.3 Å². The van der Waals surface area contributed by atoms with E-state index in [0.29, 0.717) is 6.42 Å². The van der Waals surface area contributed by atoms with E-state index in [2.05, 4.69) is 5.32 Å². The first-order chi connectivity index (χ1) is 12.3. The highest BCUT2D eigenvalue weighted by atomic mass is 16.5. The number of carbonyl (C=O) groups is 4. The summed E-state index contributed by atoms with van der Waals surface area (Å²) in [4.78, 5) is 50.6. The van der Waals surface area contributed by atoms with E-state index in [4.69, 9.17) is 4.74 Å². The van der Waals surface area contributed by atoms with Crippen molar-refractivity contribution in [3.63, 3.8) is 0 Å². The van der Waals surface area contributed by atoms with E-state index in [1.807, 2.05) is 6.92 Å². The number of hydrogen-bond acceptors (Lipinski definition) is 5. The van der Waals surface area contributed by atoms with Crippen LogP contribution in [-0.4, -0.2) is 47.3 Å². The van der Waals surface area contributed by atoms with Gasteiger partial charge in [-0.25, -0.2) is 4.79 Å². The maximum Gasteiger partial charge on any atom is 0.330 e. The summed E-state index contributed by atoms with van der Waals surface area (Å²) in [6.45, 7) is 6.76. The van der Waals surface area contributed by atoms with E-state index in [0.717, 1.165) is 4.90 Å². The van der Waals surface area contributed by atoms with E-state index >= 15 is 0 Å². The minimum Gasteiger partial charge on any atom is -0.454 e. The number of carbonyl (C=O) groups excluding carboxylic acids is 4. The summed E-state index contributed by atoms with van der Waals surface area (Å²) in [6.07, 6.45) is 0.561. The number of nitrogens with zero attached hydrogens (tertiary/aromatic N) is 1. The van der Waals surface area contributed by atoms with Gasteiger partial charge in [-0.15, -0.1) is 0 Å². The molecule has 1 aromatic rings. The Balaban J connectivity index is 2.21. The van der Waals surface area contributed by atoms with Crippen molar-refractivity contribution >= 4 is 23.7 Å². The van der Waals surface area contributed by atoms with Crippen LogP contribution in [0.3, 0.4) is 0 Å². The molecule has 0 spiro atoms. The van der Waals surface area contributed by atoms with Gasteiger partial charge in [-0.1, -0.05) is 32.4 Å². The van der Waals surface area contributed by atoms with Crippen LogP contribution in [0.2, 0.25) is 0 Å². The molecule has 0 saturated heterocycles. The lowest BCUT2D eigenvalue weighted by Crippen LogP contribution is -2.49. The van der Waals surface area contributed by atoms with Crippen LogP contribution in [0.25, 0.3) is 0 Å². The fourth-order valence-electron chi connectivity index (χ4n) is 2.86. The maximum absolute atomic E-state index is 12.7. The smallest absolute Gasteiger partial charge is 0.330 e. The standard InChI is InChI=1S/C19H24N2O5/c1-5-12(4)16(19(25)26-10-15(22)20-11(2)3)21-17(23)13-8-6-7-9-14(13)18(21)24/h6-9,11-12,16H,5,10H2,1-4H3,(H,20,22)/t12-,16-/m0/s1. The Labute approximate surface area is 152 Å². The molecule has 0 radical (unpaired) electrons. The second kappa shape index (κ2) is 8.12. The van der Waals surface area contributed by atoms with Gasteiger partial charge < -0.3 is 10.1 Å². The van der Waals surface area contributed by atoms with Gasteiger partial charge in [0.25, 0.3) is 17.7 Å². The normalized spacial score (nSPS) is 15.7. The van der Waals surface area contributed by atoms with Gasteiger partial charge in [0.15, 0.2) is 6.61 Å².